The lowest BCUT2D eigenvalue weighted by atomic mass is 9.94. The van der Waals surface area contributed by atoms with Crippen molar-refractivity contribution in [3.63, 3.8) is 0 Å². The Hall–Kier alpha value is -2.84. The van der Waals surface area contributed by atoms with Crippen LogP contribution in [-0.4, -0.2) is 43.7 Å². The number of hydrogen-bond acceptors (Lipinski definition) is 5. The van der Waals surface area contributed by atoms with E-state index in [4.69, 9.17) is 4.74 Å². The van der Waals surface area contributed by atoms with Gasteiger partial charge in [-0.3, -0.25) is 14.2 Å². The molecule has 0 fully saturated rings. The number of hydrogen-bond donors (Lipinski definition) is 2. The van der Waals surface area contributed by atoms with E-state index in [9.17, 15) is 9.59 Å². The van der Waals surface area contributed by atoms with Crippen molar-refractivity contribution < 1.29 is 14.3 Å². The van der Waals surface area contributed by atoms with Crippen molar-refractivity contribution in [3.8, 4) is 0 Å². The van der Waals surface area contributed by atoms with Crippen LogP contribution in [0.3, 0.4) is 0 Å². The summed E-state index contributed by atoms with van der Waals surface area (Å²) < 4.78 is 9.09. The standard InChI is InChI=1S/C22H34N6O3/c1-15(2)14-27-8-7-17(26-27)12-23-20(29)18-13-25-28-9-6-16(10-19(18)28)11-24-21(30)31-22(3,4)5/h7-8,13,15-16H,6,9-12,14H2,1-5H3,(H,23,29)(H,24,30). The monoisotopic (exact) mass is 430 g/mol. The van der Waals surface area contributed by atoms with Gasteiger partial charge in [0.25, 0.3) is 5.91 Å². The van der Waals surface area contributed by atoms with Gasteiger partial charge in [-0.15, -0.1) is 0 Å². The maximum Gasteiger partial charge on any atom is 0.407 e. The van der Waals surface area contributed by atoms with Crippen LogP contribution in [0.5, 0.6) is 0 Å². The summed E-state index contributed by atoms with van der Waals surface area (Å²) in [5.41, 5.74) is 1.80. The van der Waals surface area contributed by atoms with E-state index in [1.54, 1.807) is 6.20 Å². The zero-order chi connectivity index (χ0) is 22.6. The van der Waals surface area contributed by atoms with Crippen LogP contribution in [0.4, 0.5) is 4.79 Å². The second-order valence-corrected chi connectivity index (χ2v) is 9.58. The van der Waals surface area contributed by atoms with E-state index < -0.39 is 11.7 Å². The fourth-order valence-electron chi connectivity index (χ4n) is 3.64. The molecule has 2 aromatic rings. The Balaban J connectivity index is 1.54. The largest absolute Gasteiger partial charge is 0.444 e. The maximum atomic E-state index is 12.8. The molecule has 0 radical (unpaired) electrons. The van der Waals surface area contributed by atoms with Gasteiger partial charge in [0.05, 0.1) is 29.7 Å². The molecule has 170 valence electrons. The second kappa shape index (κ2) is 9.53. The molecule has 0 saturated heterocycles. The van der Waals surface area contributed by atoms with Gasteiger partial charge >= 0.3 is 6.09 Å². The Morgan fingerprint density at radius 3 is 2.77 bits per heavy atom. The van der Waals surface area contributed by atoms with Crippen LogP contribution in [0, 0.1) is 11.8 Å². The molecule has 0 aliphatic carbocycles. The molecule has 3 rings (SSSR count). The molecule has 1 aliphatic rings. The molecule has 2 N–H and O–H groups in total. The summed E-state index contributed by atoms with van der Waals surface area (Å²) in [6.07, 6.45) is 4.72. The van der Waals surface area contributed by atoms with E-state index in [1.807, 2.05) is 42.4 Å². The minimum absolute atomic E-state index is 0.152. The van der Waals surface area contributed by atoms with Gasteiger partial charge in [0, 0.05) is 25.8 Å². The summed E-state index contributed by atoms with van der Waals surface area (Å²) in [5, 5.41) is 14.7. The molecular formula is C22H34N6O3. The van der Waals surface area contributed by atoms with Crippen LogP contribution in [-0.2, 0) is 30.8 Å². The second-order valence-electron chi connectivity index (χ2n) is 9.58. The van der Waals surface area contributed by atoms with Crippen molar-refractivity contribution in [1.29, 1.82) is 0 Å². The SMILES string of the molecule is CC(C)Cn1ccc(CNC(=O)c2cnn3c2CC(CNC(=O)OC(C)(C)C)CC3)n1. The number of nitrogens with zero attached hydrogens (tertiary/aromatic N) is 4. The minimum Gasteiger partial charge on any atom is -0.444 e. The van der Waals surface area contributed by atoms with E-state index in [2.05, 4.69) is 34.7 Å². The average Bonchev–Trinajstić information content (AvgIpc) is 3.29. The number of aromatic nitrogens is 4. The molecule has 0 bridgehead atoms. The maximum absolute atomic E-state index is 12.8. The van der Waals surface area contributed by atoms with Gasteiger partial charge in [0.1, 0.15) is 5.60 Å². The molecule has 9 heteroatoms. The molecule has 1 aliphatic heterocycles. The van der Waals surface area contributed by atoms with Gasteiger partial charge in [-0.1, -0.05) is 13.8 Å². The number of fused-ring (bicyclic) bond motifs is 1. The number of carbonyl (C=O) groups is 2. The quantitative estimate of drug-likeness (QED) is 0.703. The Labute approximate surface area is 183 Å². The van der Waals surface area contributed by atoms with Crippen LogP contribution in [0.2, 0.25) is 0 Å². The predicted molar refractivity (Wildman–Crippen MR) is 117 cm³/mol. The molecule has 31 heavy (non-hydrogen) atoms. The number of rotatable bonds is 7. The fraction of sp³-hybridized carbons (Fsp3) is 0.636. The Bertz CT molecular complexity index is 909. The lowest BCUT2D eigenvalue weighted by Gasteiger charge is -2.25. The molecule has 1 atom stereocenters. The lowest BCUT2D eigenvalue weighted by Crippen LogP contribution is -2.37. The molecule has 3 heterocycles. The van der Waals surface area contributed by atoms with E-state index >= 15 is 0 Å². The zero-order valence-corrected chi connectivity index (χ0v) is 19.1. The highest BCUT2D eigenvalue weighted by molar-refractivity contribution is 5.95. The van der Waals surface area contributed by atoms with Gasteiger partial charge in [-0.2, -0.15) is 10.2 Å². The normalized spacial score (nSPS) is 16.1. The number of nitrogens with one attached hydrogen (secondary N) is 2. The number of ether oxygens (including phenoxy) is 1. The van der Waals surface area contributed by atoms with Crippen LogP contribution in [0.1, 0.15) is 62.8 Å². The van der Waals surface area contributed by atoms with E-state index in [1.165, 1.54) is 0 Å². The molecule has 2 aromatic heterocycles. The van der Waals surface area contributed by atoms with Crippen molar-refractivity contribution in [1.82, 2.24) is 30.2 Å². The molecule has 2 amide bonds. The molecular weight excluding hydrogens is 396 g/mol. The van der Waals surface area contributed by atoms with Gasteiger partial charge in [0.2, 0.25) is 0 Å². The number of aryl methyl sites for hydroxylation is 1. The highest BCUT2D eigenvalue weighted by Gasteiger charge is 2.26. The van der Waals surface area contributed by atoms with Crippen molar-refractivity contribution in [2.75, 3.05) is 6.54 Å². The fourth-order valence-corrected chi connectivity index (χ4v) is 3.64. The Morgan fingerprint density at radius 1 is 1.29 bits per heavy atom. The third-order valence-corrected chi connectivity index (χ3v) is 5.04. The lowest BCUT2D eigenvalue weighted by molar-refractivity contribution is 0.0516. The third-order valence-electron chi connectivity index (χ3n) is 5.04. The van der Waals surface area contributed by atoms with Crippen LogP contribution >= 0.6 is 0 Å². The van der Waals surface area contributed by atoms with E-state index in [-0.39, 0.29) is 11.8 Å². The Kier molecular flexibility index (Phi) is 7.02. The predicted octanol–water partition coefficient (Wildman–Crippen LogP) is 2.75. The van der Waals surface area contributed by atoms with Gasteiger partial charge in [-0.25, -0.2) is 4.79 Å². The van der Waals surface area contributed by atoms with Crippen LogP contribution < -0.4 is 10.6 Å². The van der Waals surface area contributed by atoms with Crippen molar-refractivity contribution >= 4 is 12.0 Å². The minimum atomic E-state index is -0.523. The van der Waals surface area contributed by atoms with E-state index in [0.717, 1.165) is 30.9 Å². The molecule has 0 aromatic carbocycles. The molecule has 1 unspecified atom stereocenters. The number of carbonyl (C=O) groups excluding carboxylic acids is 2. The number of amides is 2. The van der Waals surface area contributed by atoms with E-state index in [0.29, 0.717) is 31.0 Å². The third kappa shape index (κ3) is 6.57. The smallest absolute Gasteiger partial charge is 0.407 e. The van der Waals surface area contributed by atoms with Crippen molar-refractivity contribution in [2.45, 2.75) is 72.7 Å². The summed E-state index contributed by atoms with van der Waals surface area (Å²) in [5.74, 6) is 0.592. The zero-order valence-electron chi connectivity index (χ0n) is 19.1. The topological polar surface area (TPSA) is 103 Å². The average molecular weight is 431 g/mol. The van der Waals surface area contributed by atoms with Gasteiger partial charge < -0.3 is 15.4 Å². The summed E-state index contributed by atoms with van der Waals surface area (Å²) >= 11 is 0. The molecule has 0 saturated carbocycles. The van der Waals surface area contributed by atoms with Crippen LogP contribution in [0.15, 0.2) is 18.5 Å². The first-order chi connectivity index (χ1) is 14.6. The Morgan fingerprint density at radius 2 is 2.06 bits per heavy atom. The number of alkyl carbamates (subject to hydrolysis) is 1. The first kappa shape index (κ1) is 22.8. The first-order valence-electron chi connectivity index (χ1n) is 10.9. The van der Waals surface area contributed by atoms with Gasteiger partial charge in [-0.05, 0) is 51.5 Å². The summed E-state index contributed by atoms with van der Waals surface area (Å²) in [6.45, 7) is 12.3. The summed E-state index contributed by atoms with van der Waals surface area (Å²) in [7, 11) is 0. The molecule has 9 nitrogen and oxygen atoms in total. The van der Waals surface area contributed by atoms with Crippen LogP contribution in [0.25, 0.3) is 0 Å². The first-order valence-corrected chi connectivity index (χ1v) is 10.9. The molecule has 0 spiro atoms. The van der Waals surface area contributed by atoms with Crippen molar-refractivity contribution in [2.24, 2.45) is 11.8 Å². The summed E-state index contributed by atoms with van der Waals surface area (Å²) in [6, 6.07) is 1.93. The highest BCUT2D eigenvalue weighted by Crippen LogP contribution is 2.23. The van der Waals surface area contributed by atoms with Gasteiger partial charge in [0.15, 0.2) is 0 Å². The van der Waals surface area contributed by atoms with Crippen molar-refractivity contribution in [3.05, 3.63) is 35.4 Å². The highest BCUT2D eigenvalue weighted by atomic mass is 16.6. The summed E-state index contributed by atoms with van der Waals surface area (Å²) in [4.78, 5) is 24.7.